The lowest BCUT2D eigenvalue weighted by atomic mass is 10.00. The highest BCUT2D eigenvalue weighted by atomic mass is 32.1. The van der Waals surface area contributed by atoms with E-state index in [-0.39, 0.29) is 5.91 Å². The molecule has 0 bridgehead atoms. The monoisotopic (exact) mass is 541 g/mol. The van der Waals surface area contributed by atoms with Crippen molar-refractivity contribution >= 4 is 17.2 Å². The van der Waals surface area contributed by atoms with Gasteiger partial charge in [-0.3, -0.25) is 9.69 Å². The van der Waals surface area contributed by atoms with Crippen LogP contribution >= 0.6 is 11.3 Å². The number of nitrogens with zero attached hydrogens (tertiary/aromatic N) is 3. The summed E-state index contributed by atoms with van der Waals surface area (Å²) in [4.78, 5) is 22.4. The molecule has 0 saturated heterocycles. The molecule has 7 heteroatoms. The van der Waals surface area contributed by atoms with Crippen LogP contribution in [0.1, 0.15) is 43.3 Å². The maximum atomic E-state index is 13.3. The van der Waals surface area contributed by atoms with Crippen molar-refractivity contribution in [1.82, 2.24) is 14.8 Å². The van der Waals surface area contributed by atoms with Gasteiger partial charge in [-0.25, -0.2) is 4.98 Å². The number of hydrogen-bond acceptors (Lipinski definition) is 6. The Bertz CT molecular complexity index is 1420. The van der Waals surface area contributed by atoms with Gasteiger partial charge in [-0.15, -0.1) is 11.3 Å². The number of aromatic nitrogens is 1. The van der Waals surface area contributed by atoms with E-state index < -0.39 is 0 Å². The molecule has 1 amide bonds. The van der Waals surface area contributed by atoms with Crippen molar-refractivity contribution in [3.63, 3.8) is 0 Å². The summed E-state index contributed by atoms with van der Waals surface area (Å²) in [6.07, 6.45) is 1.75. The number of benzene rings is 3. The van der Waals surface area contributed by atoms with E-state index in [2.05, 4.69) is 60.4 Å². The van der Waals surface area contributed by atoms with Crippen molar-refractivity contribution in [1.29, 1.82) is 0 Å². The number of fused-ring (bicyclic) bond motifs is 1. The Morgan fingerprint density at radius 1 is 0.949 bits per heavy atom. The first-order valence-corrected chi connectivity index (χ1v) is 14.2. The zero-order chi connectivity index (χ0) is 27.2. The minimum Gasteiger partial charge on any atom is -0.493 e. The van der Waals surface area contributed by atoms with Gasteiger partial charge in [0, 0.05) is 31.6 Å². The molecule has 0 spiro atoms. The van der Waals surface area contributed by atoms with E-state index in [9.17, 15) is 4.79 Å². The van der Waals surface area contributed by atoms with Gasteiger partial charge in [0.1, 0.15) is 10.7 Å². The molecule has 5 rings (SSSR count). The average molecular weight is 542 g/mol. The average Bonchev–Trinajstić information content (AvgIpc) is 3.44. The molecule has 0 atom stereocenters. The smallest absolute Gasteiger partial charge is 0.273 e. The van der Waals surface area contributed by atoms with Gasteiger partial charge in [0.2, 0.25) is 0 Å². The fraction of sp³-hybridized carbons (Fsp3) is 0.312. The summed E-state index contributed by atoms with van der Waals surface area (Å²) >= 11 is 1.56. The van der Waals surface area contributed by atoms with Gasteiger partial charge in [-0.2, -0.15) is 0 Å². The fourth-order valence-corrected chi connectivity index (χ4v) is 5.80. The predicted molar refractivity (Wildman–Crippen MR) is 156 cm³/mol. The highest BCUT2D eigenvalue weighted by molar-refractivity contribution is 7.09. The van der Waals surface area contributed by atoms with E-state index >= 15 is 0 Å². The van der Waals surface area contributed by atoms with Gasteiger partial charge >= 0.3 is 0 Å². The van der Waals surface area contributed by atoms with Crippen molar-refractivity contribution in [2.45, 2.75) is 39.4 Å². The van der Waals surface area contributed by atoms with Crippen LogP contribution < -0.4 is 9.47 Å². The maximum Gasteiger partial charge on any atom is 0.273 e. The predicted octanol–water partition coefficient (Wildman–Crippen LogP) is 5.91. The fourth-order valence-electron chi connectivity index (χ4n) is 4.99. The van der Waals surface area contributed by atoms with E-state index in [1.807, 2.05) is 28.5 Å². The molecular formula is C32H35N3O3S. The second-order valence-electron chi connectivity index (χ2n) is 10.0. The summed E-state index contributed by atoms with van der Waals surface area (Å²) in [6.45, 7) is 5.81. The number of carbonyl (C=O) groups is 1. The van der Waals surface area contributed by atoms with Crippen molar-refractivity contribution < 1.29 is 14.3 Å². The lowest BCUT2D eigenvalue weighted by Gasteiger charge is -2.28. The van der Waals surface area contributed by atoms with E-state index in [1.54, 1.807) is 25.6 Å². The molecule has 1 aliphatic rings. The van der Waals surface area contributed by atoms with Crippen molar-refractivity contribution in [2.75, 3.05) is 27.3 Å². The second-order valence-corrected chi connectivity index (χ2v) is 11.0. The van der Waals surface area contributed by atoms with Crippen LogP contribution in [0.4, 0.5) is 0 Å². The van der Waals surface area contributed by atoms with Crippen molar-refractivity contribution in [3.8, 4) is 11.5 Å². The molecule has 0 unspecified atom stereocenters. The number of amides is 1. The number of methoxy groups -OCH3 is 2. The summed E-state index contributed by atoms with van der Waals surface area (Å²) in [7, 11) is 3.31. The standard InChI is InChI=1S/C32H35N3O3S/c1-23-8-10-25(11-9-23)19-34(16-14-24-12-13-29(37-2)30(18-24)38-3)21-31-33-28(22-39-31)32(36)35-17-15-26-6-4-5-7-27(26)20-35/h4-13,18,22H,14-17,19-21H2,1-3H3. The second kappa shape index (κ2) is 12.5. The van der Waals surface area contributed by atoms with E-state index in [4.69, 9.17) is 14.5 Å². The van der Waals surface area contributed by atoms with Crippen LogP contribution in [0.25, 0.3) is 0 Å². The first kappa shape index (κ1) is 26.9. The van der Waals surface area contributed by atoms with Gasteiger partial charge in [0.25, 0.3) is 5.91 Å². The van der Waals surface area contributed by atoms with Crippen LogP contribution in [0.2, 0.25) is 0 Å². The third-order valence-electron chi connectivity index (χ3n) is 7.24. The summed E-state index contributed by atoms with van der Waals surface area (Å²) in [5.41, 5.74) is 6.80. The van der Waals surface area contributed by atoms with Crippen molar-refractivity contribution in [3.05, 3.63) is 111 Å². The number of hydrogen-bond donors (Lipinski definition) is 0. The summed E-state index contributed by atoms with van der Waals surface area (Å²) < 4.78 is 10.9. The quantitative estimate of drug-likeness (QED) is 0.250. The molecule has 3 aromatic carbocycles. The first-order chi connectivity index (χ1) is 19.0. The van der Waals surface area contributed by atoms with Gasteiger partial charge in [-0.05, 0) is 54.2 Å². The molecule has 6 nitrogen and oxygen atoms in total. The molecule has 0 radical (unpaired) electrons. The third kappa shape index (κ3) is 6.67. The Balaban J connectivity index is 1.28. The van der Waals surface area contributed by atoms with Gasteiger partial charge < -0.3 is 14.4 Å². The molecule has 0 aliphatic carbocycles. The Kier molecular flexibility index (Phi) is 8.59. The topological polar surface area (TPSA) is 54.9 Å². The lowest BCUT2D eigenvalue weighted by molar-refractivity contribution is 0.0729. The Labute approximate surface area is 234 Å². The molecule has 0 N–H and O–H groups in total. The van der Waals surface area contributed by atoms with Gasteiger partial charge in [0.05, 0.1) is 20.8 Å². The van der Waals surface area contributed by atoms with Gasteiger partial charge in [0.15, 0.2) is 11.5 Å². The van der Waals surface area contributed by atoms with E-state index in [1.165, 1.54) is 27.8 Å². The van der Waals surface area contributed by atoms with E-state index in [0.717, 1.165) is 49.0 Å². The maximum absolute atomic E-state index is 13.3. The molecule has 1 aliphatic heterocycles. The highest BCUT2D eigenvalue weighted by Crippen LogP contribution is 2.28. The molecule has 4 aromatic rings. The number of thiazole rings is 1. The highest BCUT2D eigenvalue weighted by Gasteiger charge is 2.24. The van der Waals surface area contributed by atoms with Crippen LogP contribution in [-0.4, -0.2) is 48.0 Å². The Hall–Kier alpha value is -3.68. The normalized spacial score (nSPS) is 12.9. The molecule has 0 fully saturated rings. The molecular weight excluding hydrogens is 506 g/mol. The lowest BCUT2D eigenvalue weighted by Crippen LogP contribution is -2.36. The molecule has 39 heavy (non-hydrogen) atoms. The summed E-state index contributed by atoms with van der Waals surface area (Å²) in [5.74, 6) is 1.49. The summed E-state index contributed by atoms with van der Waals surface area (Å²) in [5, 5.41) is 2.87. The zero-order valence-corrected chi connectivity index (χ0v) is 23.7. The minimum absolute atomic E-state index is 0.0161. The first-order valence-electron chi connectivity index (χ1n) is 13.3. The minimum atomic E-state index is 0.0161. The number of aryl methyl sites for hydroxylation is 1. The molecule has 2 heterocycles. The molecule has 0 saturated carbocycles. The van der Waals surface area contributed by atoms with Gasteiger partial charge in [-0.1, -0.05) is 60.2 Å². The van der Waals surface area contributed by atoms with Crippen LogP contribution in [0.3, 0.4) is 0 Å². The van der Waals surface area contributed by atoms with Crippen molar-refractivity contribution in [2.24, 2.45) is 0 Å². The largest absolute Gasteiger partial charge is 0.493 e. The Morgan fingerprint density at radius 3 is 2.46 bits per heavy atom. The van der Waals surface area contributed by atoms with E-state index in [0.29, 0.717) is 18.8 Å². The number of carbonyl (C=O) groups excluding carboxylic acids is 1. The Morgan fingerprint density at radius 2 is 1.69 bits per heavy atom. The summed E-state index contributed by atoms with van der Waals surface area (Å²) in [6, 6.07) is 23.1. The van der Waals surface area contributed by atoms with Crippen LogP contribution in [-0.2, 0) is 32.5 Å². The zero-order valence-electron chi connectivity index (χ0n) is 22.9. The molecule has 1 aromatic heterocycles. The number of rotatable bonds is 10. The van der Waals surface area contributed by atoms with Crippen LogP contribution in [0, 0.1) is 6.92 Å². The SMILES string of the molecule is COc1ccc(CCN(Cc2ccc(C)cc2)Cc2nc(C(=O)N3CCc4ccccc4C3)cs2)cc1OC. The third-order valence-corrected chi connectivity index (χ3v) is 8.07. The number of ether oxygens (including phenoxy) is 2. The van der Waals surface area contributed by atoms with Crippen LogP contribution in [0.15, 0.2) is 72.1 Å². The van der Waals surface area contributed by atoms with Crippen LogP contribution in [0.5, 0.6) is 11.5 Å². The molecule has 202 valence electrons.